The van der Waals surface area contributed by atoms with Crippen LogP contribution in [0.25, 0.3) is 28.5 Å². The lowest BCUT2D eigenvalue weighted by Gasteiger charge is -2.11. The van der Waals surface area contributed by atoms with Crippen molar-refractivity contribution in [3.8, 4) is 22.8 Å². The molecular weight excluding hydrogens is 1360 g/mol. The molecule has 0 amide bonds. The largest absolute Gasteiger partial charge is 0.480 e. The van der Waals surface area contributed by atoms with Crippen LogP contribution in [0.15, 0.2) is 110 Å². The normalized spacial score (nSPS) is 11.0. The molecule has 10 heterocycles. The van der Waals surface area contributed by atoms with Crippen LogP contribution in [0.3, 0.4) is 0 Å². The van der Waals surface area contributed by atoms with Gasteiger partial charge in [-0.05, 0) is 131 Å². The van der Waals surface area contributed by atoms with Crippen LogP contribution in [0.2, 0.25) is 10.4 Å². The Morgan fingerprint density at radius 2 is 1.35 bits per heavy atom. The number of rotatable bonds is 6. The molecule has 0 saturated heterocycles. The zero-order valence-corrected chi connectivity index (χ0v) is 50.1. The molecule has 3 N–H and O–H groups in total. The van der Waals surface area contributed by atoms with Gasteiger partial charge in [0.25, 0.3) is 5.78 Å². The second kappa shape index (κ2) is 34.8. The first-order chi connectivity index (χ1) is 39.3. The molecule has 0 fully saturated rings. The van der Waals surface area contributed by atoms with Crippen LogP contribution >= 0.6 is 95.0 Å². The molecule has 0 spiro atoms. The van der Waals surface area contributed by atoms with Gasteiger partial charge in [0, 0.05) is 24.2 Å². The number of hydrogen-bond donors (Lipinski definition) is 3. The summed E-state index contributed by atoms with van der Waals surface area (Å²) in [6.07, 6.45) is 7.38. The molecule has 1 aliphatic rings. The first kappa shape index (κ1) is 64.5. The van der Waals surface area contributed by atoms with Crippen LogP contribution in [-0.4, -0.2) is 178 Å². The molecule has 0 unspecified atom stereocenters. The van der Waals surface area contributed by atoms with Crippen LogP contribution in [0.4, 0.5) is 0 Å². The lowest BCUT2D eigenvalue weighted by atomic mass is 10.2. The van der Waals surface area contributed by atoms with Gasteiger partial charge in [0.05, 0.1) is 11.4 Å². The summed E-state index contributed by atoms with van der Waals surface area (Å²) in [5, 5.41) is 99.0. The Balaban J connectivity index is 0.000000174. The third kappa shape index (κ3) is 21.6. The van der Waals surface area contributed by atoms with Gasteiger partial charge in [0.15, 0.2) is 31.8 Å². The van der Waals surface area contributed by atoms with Gasteiger partial charge in [0.2, 0.25) is 5.28 Å². The van der Waals surface area contributed by atoms with Crippen molar-refractivity contribution < 1.29 is 9.90 Å². The minimum Gasteiger partial charge on any atom is -0.480 e. The van der Waals surface area contributed by atoms with Crippen LogP contribution < -0.4 is 0 Å². The van der Waals surface area contributed by atoms with E-state index < -0.39 is 8.11 Å². The van der Waals surface area contributed by atoms with Crippen LogP contribution in [0.5, 0.6) is 0 Å². The predicted octanol–water partition coefficient (Wildman–Crippen LogP) is 4.58. The SMILES string of the molecule is BrC(Br)(Br)c1nnnn1-c1ccccc1.C1CCc2nnnn2CC1.Cc1cc(Cl)n2nnnc2n1.Cc1nn[nH]n1.Cl.ClCn1nnnc1-c1ccccc1.Clc1nnnn1-c1ccccc1.O=C(O)Cn1cnnn1.c1nn[nH]n1. The number of para-hydroxylation sites is 2. The number of aliphatic carboxylic acids is 1. The number of nitrogens with one attached hydrogen (secondary N) is 2. The predicted molar refractivity (Wildman–Crippen MR) is 300 cm³/mol. The molecule has 0 radical (unpaired) electrons. The maximum atomic E-state index is 9.95. The highest BCUT2D eigenvalue weighted by Crippen LogP contribution is 2.43. The number of aryl methyl sites for hydroxylation is 4. The topological polar surface area (TPSA) is 420 Å². The number of carboxylic acids is 1. The molecule has 12 aromatic rings. The van der Waals surface area contributed by atoms with Gasteiger partial charge in [0.1, 0.15) is 24.0 Å². The van der Waals surface area contributed by atoms with Crippen LogP contribution in [-0.2, 0) is 32.5 Å². The number of aromatic amines is 2. The van der Waals surface area contributed by atoms with Crippen LogP contribution in [0.1, 0.15) is 42.4 Å². The summed E-state index contributed by atoms with van der Waals surface area (Å²) < 4.78 is 8.42. The number of fused-ring (bicyclic) bond motifs is 2. The van der Waals surface area contributed by atoms with Crippen molar-refractivity contribution in [3.63, 3.8) is 0 Å². The maximum absolute atomic E-state index is 9.95. The number of halogens is 7. The first-order valence-electron chi connectivity index (χ1n) is 22.8. The molecule has 0 bridgehead atoms. The summed E-state index contributed by atoms with van der Waals surface area (Å²) in [7, 11) is 0. The van der Waals surface area contributed by atoms with E-state index in [2.05, 4.69) is 187 Å². The van der Waals surface area contributed by atoms with Crippen LogP contribution in [0, 0.1) is 13.8 Å². The van der Waals surface area contributed by atoms with E-state index in [1.165, 1.54) is 45.8 Å². The number of hydrogen-bond acceptors (Lipinski definition) is 26. The first-order valence-corrected chi connectivity index (χ1v) is 26.5. The number of alkyl halides is 4. The van der Waals surface area contributed by atoms with Gasteiger partial charge in [-0.1, -0.05) is 153 Å². The highest BCUT2D eigenvalue weighted by Gasteiger charge is 2.29. The monoisotopic (exact) mass is 1390 g/mol. The Bertz CT molecular complexity index is 3550. The third-order valence-electron chi connectivity index (χ3n) is 9.38. The van der Waals surface area contributed by atoms with Crippen molar-refractivity contribution >= 4 is 107 Å². The fraction of sp³-hybridized carbons (Fsp3) is 0.250. The van der Waals surface area contributed by atoms with E-state index in [0.29, 0.717) is 28.4 Å². The summed E-state index contributed by atoms with van der Waals surface area (Å²) in [5.74, 6) is 2.51. The van der Waals surface area contributed by atoms with Crippen molar-refractivity contribution in [3.05, 3.63) is 143 Å². The summed E-state index contributed by atoms with van der Waals surface area (Å²) in [6.45, 7) is 4.42. The molecule has 1 aliphatic heterocycles. The number of H-pyrrole nitrogens is 2. The lowest BCUT2D eigenvalue weighted by molar-refractivity contribution is -0.137. The van der Waals surface area contributed by atoms with Gasteiger partial charge in [-0.2, -0.15) is 24.3 Å². The minimum absolute atomic E-state index is 0. The second-order valence-corrected chi connectivity index (χ2v) is 22.8. The molecule has 9 aromatic heterocycles. The summed E-state index contributed by atoms with van der Waals surface area (Å²) in [6, 6.07) is 30.8. The number of aromatic nitrogens is 33. The molecule has 0 saturated carbocycles. The summed E-state index contributed by atoms with van der Waals surface area (Å²) in [5.41, 5.74) is 3.53. The Morgan fingerprint density at radius 3 is 1.91 bits per heavy atom. The number of carboxylic acid groups (broad SMARTS) is 1. The van der Waals surface area contributed by atoms with Gasteiger partial charge >= 0.3 is 5.97 Å². The van der Waals surface area contributed by atoms with Gasteiger partial charge < -0.3 is 5.11 Å². The average Bonchev–Trinajstić information content (AvgIpc) is 4.44. The third-order valence-corrected chi connectivity index (χ3v) is 11.2. The second-order valence-electron chi connectivity index (χ2n) is 15.1. The molecule has 82 heavy (non-hydrogen) atoms. The quantitative estimate of drug-likeness (QED) is 0.151. The number of carbonyl (C=O) groups is 1. The fourth-order valence-corrected chi connectivity index (χ4v) is 7.27. The van der Waals surface area contributed by atoms with Gasteiger partial charge in [-0.15, -0.1) is 64.8 Å². The number of tetrazole rings is 8. The molecule has 0 atom stereocenters. The van der Waals surface area contributed by atoms with E-state index in [0.717, 1.165) is 46.1 Å². The average molecular weight is 1400 g/mol. The Morgan fingerprint density at radius 1 is 0.695 bits per heavy atom. The summed E-state index contributed by atoms with van der Waals surface area (Å²) in [4.78, 5) is 14.0. The number of nitrogens with zero attached hydrogens (tertiary/aromatic N) is 31. The van der Waals surface area contributed by atoms with Crippen molar-refractivity contribution in [2.24, 2.45) is 0 Å². The van der Waals surface area contributed by atoms with E-state index in [9.17, 15) is 4.79 Å². The zero-order valence-electron chi connectivity index (χ0n) is 42.2. The maximum Gasteiger partial charge on any atom is 0.325 e. The minimum atomic E-state index is -0.956. The Kier molecular flexibility index (Phi) is 27.3. The van der Waals surface area contributed by atoms with Gasteiger partial charge in [-0.25, -0.2) is 19.0 Å². The highest BCUT2D eigenvalue weighted by atomic mass is 80.0. The lowest BCUT2D eigenvalue weighted by Crippen LogP contribution is -2.10. The Hall–Kier alpha value is -8.30. The highest BCUT2D eigenvalue weighted by molar-refractivity contribution is 9.38. The molecule has 35 nitrogen and oxygen atoms in total. The summed E-state index contributed by atoms with van der Waals surface area (Å²) >= 11 is 27.3. The van der Waals surface area contributed by atoms with E-state index in [1.54, 1.807) is 17.7 Å². The van der Waals surface area contributed by atoms with E-state index in [4.69, 9.17) is 39.9 Å². The van der Waals surface area contributed by atoms with E-state index in [-0.39, 0.29) is 30.2 Å². The molecule has 3 aromatic carbocycles. The van der Waals surface area contributed by atoms with Crippen molar-refractivity contribution in [2.45, 2.75) is 60.8 Å². The Labute approximate surface area is 507 Å². The standard InChI is InChI=1S/C8H5Br3N4.C8H7ClN4.C7H5ClN4.C6H10N4.C5H4ClN5.C3H4N4O2.C2H4N4.CH2N4.ClH/c9-8(10,11)7-12-13-14-15(7)6-4-2-1-3-5-6;9-6-13-8(10-11-12-13)7-4-2-1-3-5-7;8-7-9-10-11-12(7)6-4-2-1-3-5-6;1-2-4-6-7-8-9-10(6)5-3-1;1-3-2-4(6)11-5(7-3)8-9-10-11;8-3(9)1-7-2-4-5-6-7;1-2-3-5-6-4-2;1-2-4-5-3-1;/h1-5H;1-5H,6H2;1-5H;1-5H2;2H,1H3;2H,1H2,(H,8,9);1H3,(H,3,4,5,6);1H,(H,2,3,4,5);1H. The van der Waals surface area contributed by atoms with E-state index >= 15 is 0 Å². The zero-order chi connectivity index (χ0) is 57.7. The van der Waals surface area contributed by atoms with Crippen molar-refractivity contribution in [1.29, 1.82) is 0 Å². The molecule has 13 rings (SSSR count). The van der Waals surface area contributed by atoms with Crippen molar-refractivity contribution in [2.75, 3.05) is 0 Å². The fourth-order valence-electron chi connectivity index (χ4n) is 5.93. The molecule has 42 heteroatoms. The van der Waals surface area contributed by atoms with E-state index in [1.807, 2.05) is 103 Å². The molecule has 0 aliphatic carbocycles. The molecular formula is C40H42Br3Cl4N33O2. The molecule has 428 valence electrons. The van der Waals surface area contributed by atoms with Gasteiger partial charge in [-0.3, -0.25) is 4.79 Å². The van der Waals surface area contributed by atoms with Crippen molar-refractivity contribution in [1.82, 2.24) is 167 Å². The number of benzene rings is 3. The smallest absolute Gasteiger partial charge is 0.325 e.